The first-order valence-corrected chi connectivity index (χ1v) is 6.30. The van der Waals surface area contributed by atoms with Gasteiger partial charge < -0.3 is 10.3 Å². The summed E-state index contributed by atoms with van der Waals surface area (Å²) in [6, 6.07) is 0. The number of hydrogen-bond donors (Lipinski definition) is 1. The number of anilines is 1. The van der Waals surface area contributed by atoms with Crippen LogP contribution in [0.25, 0.3) is 0 Å². The summed E-state index contributed by atoms with van der Waals surface area (Å²) in [4.78, 5) is 0. The Labute approximate surface area is 97.4 Å². The molecule has 16 heavy (non-hydrogen) atoms. The topological polar surface area (TPSA) is 52.0 Å². The van der Waals surface area contributed by atoms with Crippen LogP contribution in [-0.2, 0) is 6.42 Å². The largest absolute Gasteiger partial charge is 0.381 e. The lowest BCUT2D eigenvalue weighted by atomic mass is 9.67. The van der Waals surface area contributed by atoms with Crippen molar-refractivity contribution in [1.29, 1.82) is 0 Å². The summed E-state index contributed by atoms with van der Waals surface area (Å²) in [6.45, 7) is 6.77. The second-order valence-corrected chi connectivity index (χ2v) is 5.55. The summed E-state index contributed by atoms with van der Waals surface area (Å²) < 4.78 is 5.49. The maximum absolute atomic E-state index is 5.84. The Morgan fingerprint density at radius 2 is 2.19 bits per heavy atom. The minimum atomic E-state index is 0.314. The van der Waals surface area contributed by atoms with Crippen LogP contribution in [0.3, 0.4) is 0 Å². The molecule has 0 radical (unpaired) electrons. The highest BCUT2D eigenvalue weighted by Gasteiger charge is 2.37. The Morgan fingerprint density at radius 1 is 1.44 bits per heavy atom. The molecule has 0 amide bonds. The average Bonchev–Trinajstić information content (AvgIpc) is 2.58. The lowest BCUT2D eigenvalue weighted by Gasteiger charge is -2.37. The first-order chi connectivity index (χ1) is 7.56. The first kappa shape index (κ1) is 11.5. The molecule has 1 aliphatic carbocycles. The molecule has 0 spiro atoms. The zero-order valence-corrected chi connectivity index (χ0v) is 10.5. The van der Waals surface area contributed by atoms with Crippen LogP contribution >= 0.6 is 0 Å². The van der Waals surface area contributed by atoms with Crippen LogP contribution in [0.5, 0.6) is 0 Å². The van der Waals surface area contributed by atoms with Gasteiger partial charge in [-0.2, -0.15) is 0 Å². The van der Waals surface area contributed by atoms with E-state index in [2.05, 4.69) is 25.9 Å². The molecular formula is C13H22N2O. The zero-order valence-electron chi connectivity index (χ0n) is 10.5. The molecule has 1 atom stereocenters. The van der Waals surface area contributed by atoms with E-state index in [4.69, 9.17) is 10.3 Å². The fraction of sp³-hybridized carbons (Fsp3) is 0.769. The van der Waals surface area contributed by atoms with E-state index >= 15 is 0 Å². The monoisotopic (exact) mass is 222 g/mol. The van der Waals surface area contributed by atoms with Gasteiger partial charge in [0.2, 0.25) is 0 Å². The van der Waals surface area contributed by atoms with Gasteiger partial charge in [0, 0.05) is 11.5 Å². The number of hydrogen-bond acceptors (Lipinski definition) is 3. The fourth-order valence-corrected chi connectivity index (χ4v) is 2.94. The summed E-state index contributed by atoms with van der Waals surface area (Å²) >= 11 is 0. The average molecular weight is 222 g/mol. The molecule has 0 saturated heterocycles. The van der Waals surface area contributed by atoms with Gasteiger partial charge in [0.15, 0.2) is 5.82 Å². The van der Waals surface area contributed by atoms with E-state index in [9.17, 15) is 0 Å². The van der Waals surface area contributed by atoms with Gasteiger partial charge in [-0.25, -0.2) is 0 Å². The molecule has 0 aromatic carbocycles. The Balaban J connectivity index is 2.35. The van der Waals surface area contributed by atoms with E-state index in [1.54, 1.807) is 0 Å². The minimum Gasteiger partial charge on any atom is -0.381 e. The van der Waals surface area contributed by atoms with Crippen molar-refractivity contribution in [2.75, 3.05) is 5.73 Å². The van der Waals surface area contributed by atoms with Crippen LogP contribution in [0.15, 0.2) is 4.52 Å². The predicted octanol–water partition coefficient (Wildman–Crippen LogP) is 3.50. The lowest BCUT2D eigenvalue weighted by molar-refractivity contribution is 0.168. The highest BCUT2D eigenvalue weighted by molar-refractivity contribution is 5.42. The summed E-state index contributed by atoms with van der Waals surface area (Å²) in [5.41, 5.74) is 7.28. The summed E-state index contributed by atoms with van der Waals surface area (Å²) in [5, 5.41) is 3.93. The van der Waals surface area contributed by atoms with Crippen molar-refractivity contribution in [3.63, 3.8) is 0 Å². The van der Waals surface area contributed by atoms with Crippen molar-refractivity contribution in [2.24, 2.45) is 5.41 Å². The van der Waals surface area contributed by atoms with Crippen LogP contribution in [0, 0.1) is 5.41 Å². The predicted molar refractivity (Wildman–Crippen MR) is 65.3 cm³/mol. The van der Waals surface area contributed by atoms with E-state index in [-0.39, 0.29) is 0 Å². The molecule has 1 saturated carbocycles. The van der Waals surface area contributed by atoms with Crippen molar-refractivity contribution >= 4 is 5.82 Å². The Bertz CT molecular complexity index is 368. The van der Waals surface area contributed by atoms with Crippen molar-refractivity contribution in [1.82, 2.24) is 5.16 Å². The van der Waals surface area contributed by atoms with Gasteiger partial charge in [-0.05, 0) is 24.7 Å². The van der Waals surface area contributed by atoms with Crippen LogP contribution in [0.4, 0.5) is 5.82 Å². The molecular weight excluding hydrogens is 200 g/mol. The van der Waals surface area contributed by atoms with Crippen molar-refractivity contribution < 1.29 is 4.52 Å². The Morgan fingerprint density at radius 3 is 2.81 bits per heavy atom. The van der Waals surface area contributed by atoms with E-state index in [0.717, 1.165) is 17.7 Å². The van der Waals surface area contributed by atoms with Gasteiger partial charge in [-0.15, -0.1) is 0 Å². The third-order valence-corrected chi connectivity index (χ3v) is 4.03. The second-order valence-electron chi connectivity index (χ2n) is 5.55. The van der Waals surface area contributed by atoms with E-state index in [1.165, 1.54) is 25.7 Å². The van der Waals surface area contributed by atoms with Gasteiger partial charge in [-0.3, -0.25) is 0 Å². The van der Waals surface area contributed by atoms with Crippen LogP contribution < -0.4 is 5.73 Å². The van der Waals surface area contributed by atoms with Crippen molar-refractivity contribution in [3.05, 3.63) is 11.3 Å². The van der Waals surface area contributed by atoms with E-state index in [0.29, 0.717) is 17.2 Å². The Hall–Kier alpha value is -0.990. The molecule has 3 nitrogen and oxygen atoms in total. The van der Waals surface area contributed by atoms with Gasteiger partial charge in [-0.1, -0.05) is 38.8 Å². The molecule has 1 unspecified atom stereocenters. The molecule has 90 valence electrons. The Kier molecular flexibility index (Phi) is 2.96. The number of nitrogens with two attached hydrogens (primary N) is 1. The van der Waals surface area contributed by atoms with Crippen LogP contribution in [0.1, 0.15) is 63.7 Å². The number of aromatic nitrogens is 1. The van der Waals surface area contributed by atoms with Crippen LogP contribution in [0.2, 0.25) is 0 Å². The van der Waals surface area contributed by atoms with Crippen molar-refractivity contribution in [3.8, 4) is 0 Å². The maximum atomic E-state index is 5.84. The van der Waals surface area contributed by atoms with Gasteiger partial charge in [0.25, 0.3) is 0 Å². The highest BCUT2D eigenvalue weighted by Crippen LogP contribution is 2.48. The lowest BCUT2D eigenvalue weighted by Crippen LogP contribution is -2.26. The SMILES string of the molecule is CCc1c(N)noc1C1CCCCC1(C)C. The number of rotatable bonds is 2. The summed E-state index contributed by atoms with van der Waals surface area (Å²) in [6.07, 6.45) is 6.00. The summed E-state index contributed by atoms with van der Waals surface area (Å²) in [5.74, 6) is 2.12. The first-order valence-electron chi connectivity index (χ1n) is 6.30. The molecule has 1 aliphatic rings. The molecule has 1 aromatic heterocycles. The number of nitrogen functional groups attached to an aromatic ring is 1. The summed E-state index contributed by atoms with van der Waals surface area (Å²) in [7, 11) is 0. The van der Waals surface area contributed by atoms with E-state index in [1.807, 2.05) is 0 Å². The molecule has 2 rings (SSSR count). The van der Waals surface area contributed by atoms with Gasteiger partial charge in [0.1, 0.15) is 5.76 Å². The maximum Gasteiger partial charge on any atom is 0.170 e. The molecule has 1 aromatic rings. The smallest absolute Gasteiger partial charge is 0.170 e. The van der Waals surface area contributed by atoms with Gasteiger partial charge >= 0.3 is 0 Å². The van der Waals surface area contributed by atoms with Gasteiger partial charge in [0.05, 0.1) is 0 Å². The molecule has 2 N–H and O–H groups in total. The van der Waals surface area contributed by atoms with Crippen LogP contribution in [-0.4, -0.2) is 5.16 Å². The quantitative estimate of drug-likeness (QED) is 0.833. The third kappa shape index (κ3) is 1.83. The highest BCUT2D eigenvalue weighted by atomic mass is 16.5. The zero-order chi connectivity index (χ0) is 11.8. The number of nitrogens with zero attached hydrogens (tertiary/aromatic N) is 1. The fourth-order valence-electron chi connectivity index (χ4n) is 2.94. The van der Waals surface area contributed by atoms with Crippen molar-refractivity contribution in [2.45, 2.75) is 58.8 Å². The minimum absolute atomic E-state index is 0.314. The normalized spacial score (nSPS) is 24.6. The molecule has 3 heteroatoms. The third-order valence-electron chi connectivity index (χ3n) is 4.03. The second kappa shape index (κ2) is 4.11. The molecule has 0 aliphatic heterocycles. The van der Waals surface area contributed by atoms with E-state index < -0.39 is 0 Å². The molecule has 0 bridgehead atoms. The standard InChI is InChI=1S/C13H22N2O/c1-4-9-11(16-15-12(9)14)10-7-5-6-8-13(10,2)3/h10H,4-8H2,1-3H3,(H2,14,15). The molecule has 1 fully saturated rings. The molecule has 1 heterocycles.